The van der Waals surface area contributed by atoms with E-state index in [0.29, 0.717) is 22.7 Å². The molecule has 12 rings (SSSR count). The Morgan fingerprint density at radius 2 is 0.694 bits per heavy atom. The largest absolute Gasteiger partial charge is 2.00 e. The molecule has 0 atom stereocenters. The second-order valence-electron chi connectivity index (χ2n) is 23.4. The number of thiazole rings is 2. The Labute approximate surface area is 666 Å². The van der Waals surface area contributed by atoms with E-state index in [1.54, 1.807) is 24.3 Å². The molecule has 111 heavy (non-hydrogen) atoms. The molecule has 0 spiro atoms. The van der Waals surface area contributed by atoms with Gasteiger partial charge in [0.15, 0.2) is 11.5 Å². The van der Waals surface area contributed by atoms with Gasteiger partial charge >= 0.3 is 49.8 Å². The van der Waals surface area contributed by atoms with Gasteiger partial charge in [0, 0.05) is 69.9 Å². The number of aromatic nitrogens is 2. The normalized spacial score (nSPS) is 12.2. The maximum Gasteiger partial charge on any atom is 2.00 e. The first-order chi connectivity index (χ1) is 51.4. The Kier molecular flexibility index (Phi) is 24.0. The maximum atomic E-state index is 12.6. The van der Waals surface area contributed by atoms with E-state index in [0.717, 1.165) is 59.1 Å². The van der Waals surface area contributed by atoms with Crippen LogP contribution >= 0.6 is 22.7 Å². The molecule has 0 aliphatic carbocycles. The molecule has 0 radical (unpaired) electrons. The van der Waals surface area contributed by atoms with E-state index in [9.17, 15) is 107 Å². The van der Waals surface area contributed by atoms with Gasteiger partial charge in [-0.1, -0.05) is 12.1 Å². The predicted molar refractivity (Wildman–Crippen MR) is 407 cm³/mol. The number of amides is 6. The molecule has 2 heterocycles. The number of carbonyl (C=O) groups is 4. The molecule has 0 aliphatic heterocycles. The fourth-order valence-corrected chi connectivity index (χ4v) is 18.0. The summed E-state index contributed by atoms with van der Waals surface area (Å²) in [6.45, 7) is 5.55. The molecule has 0 unspecified atom stereocenters. The molecule has 0 aliphatic rings. The summed E-state index contributed by atoms with van der Waals surface area (Å²) in [6, 6.07) is 33.1. The molecule has 6 amide bonds. The fourth-order valence-electron chi connectivity index (χ4n) is 10.8. The summed E-state index contributed by atoms with van der Waals surface area (Å²) < 4.78 is 212. The molecule has 10 aromatic carbocycles. The Morgan fingerprint density at radius 1 is 0.387 bits per heavy atom. The van der Waals surface area contributed by atoms with Gasteiger partial charge < -0.3 is 51.2 Å². The number of rotatable bonds is 18. The first-order valence-electron chi connectivity index (χ1n) is 30.6. The van der Waals surface area contributed by atoms with Crippen molar-refractivity contribution in [1.29, 1.82) is 0 Å². The minimum Gasteiger partial charge on any atom is -0.744 e. The third kappa shape index (κ3) is 19.3. The third-order valence-electron chi connectivity index (χ3n) is 15.5. The third-order valence-corrected chi connectivity index (χ3v) is 23.6. The Hall–Kier alpha value is -10.5. The molecular formula is C66H50CaN12O24S8. The van der Waals surface area contributed by atoms with Crippen LogP contribution < -0.4 is 31.9 Å². The Balaban J connectivity index is 0.000000234. The molecule has 12 N–H and O–H groups in total. The summed E-state index contributed by atoms with van der Waals surface area (Å²) in [6.07, 6.45) is 0. The van der Waals surface area contributed by atoms with E-state index in [-0.39, 0.29) is 135 Å². The number of aryl methyl sites for hydroxylation is 2. The molecule has 0 saturated heterocycles. The van der Waals surface area contributed by atoms with Crippen LogP contribution in [0.2, 0.25) is 0 Å². The van der Waals surface area contributed by atoms with Crippen molar-refractivity contribution in [2.45, 2.75) is 57.1 Å². The van der Waals surface area contributed by atoms with Crippen LogP contribution in [0.5, 0.6) is 11.5 Å². The average molecular weight is 1690 g/mol. The summed E-state index contributed by atoms with van der Waals surface area (Å²) in [5.74, 6) is -2.15. The maximum absolute atomic E-state index is 12.6. The Morgan fingerprint density at radius 3 is 1.00 bits per heavy atom. The van der Waals surface area contributed by atoms with Crippen LogP contribution in [-0.4, -0.2) is 160 Å². The van der Waals surface area contributed by atoms with E-state index < -0.39 is 136 Å². The van der Waals surface area contributed by atoms with E-state index in [1.165, 1.54) is 125 Å². The quantitative estimate of drug-likeness (QED) is 0.0216. The van der Waals surface area contributed by atoms with E-state index in [1.807, 2.05) is 0 Å². The number of azo groups is 2. The van der Waals surface area contributed by atoms with E-state index in [4.69, 9.17) is 0 Å². The number of nitrogens with one attached hydrogen (secondary N) is 6. The van der Waals surface area contributed by atoms with Crippen molar-refractivity contribution in [1.82, 2.24) is 9.97 Å². The number of anilines is 6. The van der Waals surface area contributed by atoms with Crippen LogP contribution in [0, 0.1) is 13.8 Å². The Bertz CT molecular complexity index is 6310. The zero-order valence-electron chi connectivity index (χ0n) is 56.7. The van der Waals surface area contributed by atoms with E-state index in [2.05, 4.69) is 62.3 Å². The first-order valence-corrected chi connectivity index (χ1v) is 40.8. The van der Waals surface area contributed by atoms with Gasteiger partial charge in [0.05, 0.1) is 30.2 Å². The van der Waals surface area contributed by atoms with Crippen LogP contribution in [0.1, 0.15) is 25.0 Å². The van der Waals surface area contributed by atoms with Crippen LogP contribution in [0.15, 0.2) is 208 Å². The monoisotopic (exact) mass is 1690 g/mol. The van der Waals surface area contributed by atoms with Gasteiger partial charge in [0.25, 0.3) is 40.5 Å². The number of phenolic OH excluding ortho intramolecular Hbond substituents is 2. The number of benzene rings is 10. The molecule has 568 valence electrons. The molecular weight excluding hydrogens is 1640 g/mol. The molecule has 0 bridgehead atoms. The van der Waals surface area contributed by atoms with Crippen molar-refractivity contribution < 1.29 is 107 Å². The van der Waals surface area contributed by atoms with Crippen molar-refractivity contribution in [3.63, 3.8) is 0 Å². The summed E-state index contributed by atoms with van der Waals surface area (Å²) in [4.78, 5) is 51.8. The average Bonchev–Trinajstić information content (AvgIpc) is 1.49. The number of hydrogen-bond donors (Lipinski definition) is 12. The zero-order chi connectivity index (χ0) is 80.1. The minimum atomic E-state index is -5.13. The van der Waals surface area contributed by atoms with Crippen molar-refractivity contribution in [2.75, 3.05) is 31.9 Å². The van der Waals surface area contributed by atoms with Gasteiger partial charge in [-0.3, -0.25) is 27.8 Å². The standard InChI is InChI=1S/2C33H26N6O12S4.Ca/c2*1-16-3-11-25-30(31(16)55(49,50)51)52-32(37-25)18-4-12-24(26(14-18)53(43,44)45)38-39-28-27(54(46,47)48)15-19-13-22(9-10-23(19)29(28)41)36-33(42)35-21-7-5-20(6-8-21)34-17(2)40;/h2*3-15,41H,1-2H3,(H,34,40)(H2,35,36,42)(H,43,44,45)(H,46,47,48)(H,49,50,51);/q;;+2/p-2. The van der Waals surface area contributed by atoms with Crippen molar-refractivity contribution in [2.24, 2.45) is 20.5 Å². The second-order valence-corrected chi connectivity index (χ2v) is 33.6. The predicted octanol–water partition coefficient (Wildman–Crippen LogP) is 12.7. The minimum absolute atomic E-state index is 0. The number of phenols is 2. The molecule has 45 heteroatoms. The van der Waals surface area contributed by atoms with Crippen LogP contribution in [0.25, 0.3) is 63.1 Å². The van der Waals surface area contributed by atoms with Gasteiger partial charge in [-0.15, -0.1) is 43.1 Å². The SMILES string of the molecule is CC(=O)Nc1ccc(NC(=O)Nc2ccc3c(O)c(N=Nc4ccc(-c5nc6ccc(C)c(S(=O)(=O)[O-])c6s5)cc4S(=O)(=O)O)c(S(=O)(=O)O)cc3c2)cc1.CC(=O)Nc1ccc(NC(=O)Nc2ccc3c(O)c(N=Nc4ccc(-c5nc6ccc(C)c(S(=O)(=O)[O-])c6s5)cc4S(=O)(=O)O)c(S(=O)(=O)O)cc3c2)cc1.[Ca+2]. The number of urea groups is 2. The van der Waals surface area contributed by atoms with Crippen molar-refractivity contribution in [3.8, 4) is 32.6 Å². The van der Waals surface area contributed by atoms with Gasteiger partial charge in [-0.05, 0) is 181 Å². The molecule has 0 fully saturated rings. The second kappa shape index (κ2) is 32.1. The van der Waals surface area contributed by atoms with Crippen molar-refractivity contribution >= 4 is 244 Å². The summed E-state index contributed by atoms with van der Waals surface area (Å²) in [5, 5.41) is 52.8. The summed E-state index contributed by atoms with van der Waals surface area (Å²) in [7, 11) is -30.2. The fraction of sp³-hybridized carbons (Fsp3) is 0.0606. The van der Waals surface area contributed by atoms with E-state index >= 15 is 0 Å². The van der Waals surface area contributed by atoms with Gasteiger partial charge in [-0.2, -0.15) is 33.7 Å². The van der Waals surface area contributed by atoms with Gasteiger partial charge in [-0.25, -0.2) is 36.4 Å². The van der Waals surface area contributed by atoms with Crippen LogP contribution in [0.4, 0.5) is 66.5 Å². The summed E-state index contributed by atoms with van der Waals surface area (Å²) in [5.41, 5.74) is 0.125. The smallest absolute Gasteiger partial charge is 0.744 e. The van der Waals surface area contributed by atoms with Gasteiger partial charge in [0.2, 0.25) is 11.8 Å². The summed E-state index contributed by atoms with van der Waals surface area (Å²) >= 11 is 1.56. The number of carbonyl (C=O) groups excluding carboxylic acids is 4. The number of fused-ring (bicyclic) bond motifs is 4. The van der Waals surface area contributed by atoms with Crippen molar-refractivity contribution in [3.05, 3.63) is 169 Å². The molecule has 2 aromatic heterocycles. The molecule has 0 saturated carbocycles. The number of nitrogens with zero attached hydrogens (tertiary/aromatic N) is 6. The molecule has 36 nitrogen and oxygen atoms in total. The van der Waals surface area contributed by atoms with Crippen LogP contribution in [0.3, 0.4) is 0 Å². The van der Waals surface area contributed by atoms with Gasteiger partial charge in [0.1, 0.15) is 72.6 Å². The first kappa shape index (κ1) is 83.0. The number of hydrogen-bond acceptors (Lipinski definition) is 28. The van der Waals surface area contributed by atoms with Crippen LogP contribution in [-0.2, 0) is 70.3 Å². The zero-order valence-corrected chi connectivity index (χ0v) is 65.4. The topological polar surface area (TPSA) is 588 Å². The number of aromatic hydroxyl groups is 2. The molecule has 12 aromatic rings.